The summed E-state index contributed by atoms with van der Waals surface area (Å²) in [5.74, 6) is 1.38. The summed E-state index contributed by atoms with van der Waals surface area (Å²) in [4.78, 5) is 6.77. The van der Waals surface area contributed by atoms with Crippen molar-refractivity contribution >= 4 is 29.6 Å². The van der Waals surface area contributed by atoms with Crippen LogP contribution < -0.4 is 10.3 Å². The Bertz CT molecular complexity index is 966. The molecule has 0 unspecified atom stereocenters. The third kappa shape index (κ3) is 5.63. The molecule has 2 aromatic carbocycles. The average Bonchev–Trinajstić information content (AvgIpc) is 3.17. The molecule has 0 spiro atoms. The average molecular weight is 423 g/mol. The van der Waals surface area contributed by atoms with E-state index in [0.717, 1.165) is 24.4 Å². The van der Waals surface area contributed by atoms with Gasteiger partial charge in [-0.1, -0.05) is 41.6 Å². The van der Waals surface area contributed by atoms with Gasteiger partial charge in [0.2, 0.25) is 11.1 Å². The van der Waals surface area contributed by atoms with Crippen LogP contribution in [0.2, 0.25) is 0 Å². The molecule has 30 heavy (non-hydrogen) atoms. The number of thioether (sulfide) groups is 1. The van der Waals surface area contributed by atoms with E-state index < -0.39 is 0 Å². The van der Waals surface area contributed by atoms with Crippen molar-refractivity contribution in [3.05, 3.63) is 64.2 Å². The minimum atomic E-state index is 0.533. The minimum Gasteiger partial charge on any atom is -0.372 e. The second kappa shape index (κ2) is 10.3. The predicted octanol–water partition coefficient (Wildman–Crippen LogP) is 5.31. The molecule has 0 aliphatic heterocycles. The fourth-order valence-electron chi connectivity index (χ4n) is 3.46. The largest absolute Gasteiger partial charge is 0.372 e. The molecular formula is C23H30N6S. The summed E-state index contributed by atoms with van der Waals surface area (Å²) in [6.45, 7) is 12.8. The second-order valence-electron chi connectivity index (χ2n) is 7.27. The quantitative estimate of drug-likeness (QED) is 0.278. The van der Waals surface area contributed by atoms with Crippen LogP contribution in [-0.4, -0.2) is 34.5 Å². The Kier molecular flexibility index (Phi) is 7.52. The molecule has 0 amide bonds. The number of aromatic amines is 1. The number of rotatable bonds is 9. The third-order valence-corrected chi connectivity index (χ3v) is 5.93. The van der Waals surface area contributed by atoms with Crippen LogP contribution in [0, 0.1) is 20.8 Å². The Morgan fingerprint density at radius 2 is 1.73 bits per heavy atom. The summed E-state index contributed by atoms with van der Waals surface area (Å²) >= 11 is 1.62. The van der Waals surface area contributed by atoms with E-state index in [1.807, 2.05) is 0 Å². The van der Waals surface area contributed by atoms with Gasteiger partial charge >= 0.3 is 0 Å². The predicted molar refractivity (Wildman–Crippen MR) is 128 cm³/mol. The van der Waals surface area contributed by atoms with Crippen LogP contribution in [0.15, 0.2) is 46.7 Å². The lowest BCUT2D eigenvalue weighted by Gasteiger charge is -2.20. The van der Waals surface area contributed by atoms with Crippen LogP contribution in [0.1, 0.15) is 41.7 Å². The van der Waals surface area contributed by atoms with Crippen LogP contribution >= 0.6 is 11.8 Å². The summed E-state index contributed by atoms with van der Waals surface area (Å²) in [5, 5.41) is 12.1. The fraction of sp³-hybridized carbons (Fsp3) is 0.348. The SMILES string of the molecule is CCN(CC)c1ccc(/C=N\Nc2nc(SCc3c(C)cc(C)cc3C)n[nH]2)cc1. The normalized spacial score (nSPS) is 11.2. The van der Waals surface area contributed by atoms with Gasteiger partial charge in [-0.3, -0.25) is 0 Å². The molecule has 0 aliphatic rings. The van der Waals surface area contributed by atoms with Crippen molar-refractivity contribution in [2.45, 2.75) is 45.5 Å². The van der Waals surface area contributed by atoms with E-state index in [4.69, 9.17) is 0 Å². The third-order valence-electron chi connectivity index (χ3n) is 5.06. The number of benzene rings is 2. The number of hydrazone groups is 1. The maximum atomic E-state index is 4.46. The second-order valence-corrected chi connectivity index (χ2v) is 8.21. The number of anilines is 2. The maximum Gasteiger partial charge on any atom is 0.240 e. The van der Waals surface area contributed by atoms with Crippen LogP contribution in [0.3, 0.4) is 0 Å². The molecule has 158 valence electrons. The molecule has 0 aliphatic carbocycles. The molecule has 0 saturated heterocycles. The van der Waals surface area contributed by atoms with Gasteiger partial charge in [-0.15, -0.1) is 5.10 Å². The molecule has 6 nitrogen and oxygen atoms in total. The molecule has 0 fully saturated rings. The van der Waals surface area contributed by atoms with Gasteiger partial charge < -0.3 is 4.90 Å². The summed E-state index contributed by atoms with van der Waals surface area (Å²) in [6, 6.07) is 12.8. The van der Waals surface area contributed by atoms with Crippen LogP contribution in [0.5, 0.6) is 0 Å². The summed E-state index contributed by atoms with van der Waals surface area (Å²) in [7, 11) is 0. The Balaban J connectivity index is 1.54. The van der Waals surface area contributed by atoms with E-state index in [0.29, 0.717) is 11.1 Å². The Morgan fingerprint density at radius 1 is 1.07 bits per heavy atom. The highest BCUT2D eigenvalue weighted by Gasteiger charge is 2.08. The van der Waals surface area contributed by atoms with Gasteiger partial charge in [0.15, 0.2) is 0 Å². The summed E-state index contributed by atoms with van der Waals surface area (Å²) in [5.41, 5.74) is 10.4. The first-order chi connectivity index (χ1) is 14.5. The number of hydrogen-bond donors (Lipinski definition) is 2. The zero-order chi connectivity index (χ0) is 21.5. The Morgan fingerprint density at radius 3 is 2.37 bits per heavy atom. The van der Waals surface area contributed by atoms with Gasteiger partial charge in [0, 0.05) is 24.5 Å². The van der Waals surface area contributed by atoms with E-state index in [2.05, 4.69) is 102 Å². The molecule has 0 atom stereocenters. The highest BCUT2D eigenvalue weighted by atomic mass is 32.2. The molecular weight excluding hydrogens is 392 g/mol. The lowest BCUT2D eigenvalue weighted by atomic mass is 10.0. The zero-order valence-corrected chi connectivity index (χ0v) is 19.2. The van der Waals surface area contributed by atoms with Gasteiger partial charge in [-0.05, 0) is 69.0 Å². The van der Waals surface area contributed by atoms with E-state index in [1.54, 1.807) is 18.0 Å². The topological polar surface area (TPSA) is 69.2 Å². The minimum absolute atomic E-state index is 0.533. The first-order valence-corrected chi connectivity index (χ1v) is 11.2. The highest BCUT2D eigenvalue weighted by molar-refractivity contribution is 7.98. The highest BCUT2D eigenvalue weighted by Crippen LogP contribution is 2.25. The molecule has 2 N–H and O–H groups in total. The maximum absolute atomic E-state index is 4.46. The van der Waals surface area contributed by atoms with Crippen molar-refractivity contribution in [3.63, 3.8) is 0 Å². The first kappa shape index (κ1) is 21.9. The van der Waals surface area contributed by atoms with E-state index in [-0.39, 0.29) is 0 Å². The lowest BCUT2D eigenvalue weighted by molar-refractivity contribution is 0.866. The van der Waals surface area contributed by atoms with E-state index in [1.165, 1.54) is 27.9 Å². The number of H-pyrrole nitrogens is 1. The molecule has 0 saturated carbocycles. The fourth-order valence-corrected chi connectivity index (χ4v) is 4.46. The van der Waals surface area contributed by atoms with E-state index in [9.17, 15) is 0 Å². The standard InChI is InChI=1S/C23H30N6S/c1-6-29(7-2)20-10-8-19(9-11-20)14-24-26-22-25-23(28-27-22)30-15-21-17(4)12-16(3)13-18(21)5/h8-14H,6-7,15H2,1-5H3,(H2,25,26,27,28)/b24-14-. The van der Waals surface area contributed by atoms with Crippen molar-refractivity contribution in [3.8, 4) is 0 Å². The molecule has 7 heteroatoms. The van der Waals surface area contributed by atoms with Gasteiger partial charge in [-0.2, -0.15) is 10.1 Å². The van der Waals surface area contributed by atoms with E-state index >= 15 is 0 Å². The van der Waals surface area contributed by atoms with Crippen molar-refractivity contribution in [1.82, 2.24) is 15.2 Å². The summed E-state index contributed by atoms with van der Waals surface area (Å²) < 4.78 is 0. The Hall–Kier alpha value is -2.80. The van der Waals surface area contributed by atoms with Crippen molar-refractivity contribution in [1.29, 1.82) is 0 Å². The number of nitrogens with one attached hydrogen (secondary N) is 2. The van der Waals surface area contributed by atoms with Crippen molar-refractivity contribution < 1.29 is 0 Å². The zero-order valence-electron chi connectivity index (χ0n) is 18.4. The van der Waals surface area contributed by atoms with Crippen LogP contribution in [0.4, 0.5) is 11.6 Å². The van der Waals surface area contributed by atoms with Gasteiger partial charge in [0.25, 0.3) is 0 Å². The van der Waals surface area contributed by atoms with Gasteiger partial charge in [0.05, 0.1) is 6.21 Å². The van der Waals surface area contributed by atoms with Gasteiger partial charge in [0.1, 0.15) is 0 Å². The lowest BCUT2D eigenvalue weighted by Crippen LogP contribution is -2.21. The molecule has 1 aromatic heterocycles. The van der Waals surface area contributed by atoms with Crippen molar-refractivity contribution in [2.24, 2.45) is 5.10 Å². The smallest absolute Gasteiger partial charge is 0.240 e. The van der Waals surface area contributed by atoms with Gasteiger partial charge in [-0.25, -0.2) is 10.5 Å². The molecule has 1 heterocycles. The monoisotopic (exact) mass is 422 g/mol. The molecule has 3 aromatic rings. The molecule has 3 rings (SSSR count). The number of aromatic nitrogens is 3. The van der Waals surface area contributed by atoms with Crippen molar-refractivity contribution in [2.75, 3.05) is 23.4 Å². The first-order valence-electron chi connectivity index (χ1n) is 10.3. The summed E-state index contributed by atoms with van der Waals surface area (Å²) in [6.07, 6.45) is 1.78. The number of nitrogens with zero attached hydrogens (tertiary/aromatic N) is 4. The number of hydrogen-bond acceptors (Lipinski definition) is 6. The van der Waals surface area contributed by atoms with Crippen LogP contribution in [0.25, 0.3) is 0 Å². The molecule has 0 radical (unpaired) electrons. The Labute approximate surface area is 183 Å². The number of aryl methyl sites for hydroxylation is 3. The molecule has 0 bridgehead atoms. The van der Waals surface area contributed by atoms with Crippen LogP contribution in [-0.2, 0) is 5.75 Å².